The highest BCUT2D eigenvalue weighted by Gasteiger charge is 2.21. The van der Waals surface area contributed by atoms with E-state index in [1.54, 1.807) is 10.6 Å². The molecule has 1 fully saturated rings. The molecule has 2 aromatic carbocycles. The second-order valence-electron chi connectivity index (χ2n) is 7.83. The molecule has 0 saturated carbocycles. The fourth-order valence-corrected chi connectivity index (χ4v) is 4.69. The van der Waals surface area contributed by atoms with E-state index in [2.05, 4.69) is 6.92 Å². The van der Waals surface area contributed by atoms with Crippen molar-refractivity contribution in [1.82, 2.24) is 14.5 Å². The van der Waals surface area contributed by atoms with Crippen molar-refractivity contribution in [3.63, 3.8) is 0 Å². The zero-order valence-electron chi connectivity index (χ0n) is 17.9. The van der Waals surface area contributed by atoms with E-state index in [4.69, 9.17) is 9.72 Å². The molecule has 31 heavy (non-hydrogen) atoms. The molecule has 1 amide bonds. The van der Waals surface area contributed by atoms with E-state index in [1.807, 2.05) is 54.3 Å². The van der Waals surface area contributed by atoms with Crippen LogP contribution in [0.4, 0.5) is 0 Å². The van der Waals surface area contributed by atoms with Gasteiger partial charge in [0.2, 0.25) is 5.91 Å². The van der Waals surface area contributed by atoms with E-state index < -0.39 is 0 Å². The first kappa shape index (κ1) is 21.4. The number of nitrogens with zero attached hydrogens (tertiary/aromatic N) is 3. The molecule has 0 atom stereocenters. The lowest BCUT2D eigenvalue weighted by Crippen LogP contribution is -2.39. The smallest absolute Gasteiger partial charge is 0.266 e. The Kier molecular flexibility index (Phi) is 6.61. The van der Waals surface area contributed by atoms with Gasteiger partial charge in [0.05, 0.1) is 29.0 Å². The summed E-state index contributed by atoms with van der Waals surface area (Å²) in [5.41, 5.74) is 1.20. The van der Waals surface area contributed by atoms with Gasteiger partial charge in [-0.25, -0.2) is 4.98 Å². The van der Waals surface area contributed by atoms with Crippen LogP contribution in [0.25, 0.3) is 16.6 Å². The van der Waals surface area contributed by atoms with Crippen LogP contribution in [0.5, 0.6) is 5.75 Å². The Morgan fingerprint density at radius 3 is 2.55 bits per heavy atom. The summed E-state index contributed by atoms with van der Waals surface area (Å²) < 4.78 is 7.11. The number of benzene rings is 2. The summed E-state index contributed by atoms with van der Waals surface area (Å²) in [4.78, 5) is 32.7. The molecule has 162 valence electrons. The van der Waals surface area contributed by atoms with E-state index >= 15 is 0 Å². The summed E-state index contributed by atoms with van der Waals surface area (Å²) in [6.07, 6.45) is 2.09. The van der Waals surface area contributed by atoms with Crippen LogP contribution < -0.4 is 10.3 Å². The SMILES string of the molecule is CCOc1ccc(-n2c(SCC(=O)N3CCC(C)CC3)nc3ccccc3c2=O)cc1. The van der Waals surface area contributed by atoms with Crippen LogP contribution >= 0.6 is 11.8 Å². The van der Waals surface area contributed by atoms with Crippen LogP contribution in [0.3, 0.4) is 0 Å². The van der Waals surface area contributed by atoms with E-state index in [1.165, 1.54) is 11.8 Å². The number of likely N-dealkylation sites (tertiary alicyclic amines) is 1. The molecule has 1 saturated heterocycles. The Bertz CT molecular complexity index is 1120. The highest BCUT2D eigenvalue weighted by atomic mass is 32.2. The number of carbonyl (C=O) groups excluding carboxylic acids is 1. The third-order valence-electron chi connectivity index (χ3n) is 5.61. The number of ether oxygens (including phenoxy) is 1. The maximum absolute atomic E-state index is 13.3. The van der Waals surface area contributed by atoms with E-state index in [9.17, 15) is 9.59 Å². The number of piperidine rings is 1. The van der Waals surface area contributed by atoms with E-state index in [-0.39, 0.29) is 17.2 Å². The van der Waals surface area contributed by atoms with Crippen LogP contribution in [-0.2, 0) is 4.79 Å². The molecule has 4 rings (SSSR count). The number of hydrogen-bond acceptors (Lipinski definition) is 5. The minimum atomic E-state index is -0.142. The number of rotatable bonds is 6. The number of carbonyl (C=O) groups is 1. The summed E-state index contributed by atoms with van der Waals surface area (Å²) in [6, 6.07) is 14.7. The molecule has 1 aliphatic rings. The topological polar surface area (TPSA) is 64.4 Å². The Labute approximate surface area is 186 Å². The number of thioether (sulfide) groups is 1. The highest BCUT2D eigenvalue weighted by Crippen LogP contribution is 2.24. The lowest BCUT2D eigenvalue weighted by molar-refractivity contribution is -0.129. The molecular weight excluding hydrogens is 410 g/mol. The molecule has 3 aromatic rings. The van der Waals surface area contributed by atoms with Crippen LogP contribution in [0.15, 0.2) is 58.5 Å². The maximum atomic E-state index is 13.3. The van der Waals surface area contributed by atoms with Crippen molar-refractivity contribution < 1.29 is 9.53 Å². The van der Waals surface area contributed by atoms with Crippen molar-refractivity contribution in [3.8, 4) is 11.4 Å². The number of hydrogen-bond donors (Lipinski definition) is 0. The summed E-state index contributed by atoms with van der Waals surface area (Å²) >= 11 is 1.32. The van der Waals surface area contributed by atoms with E-state index in [0.717, 1.165) is 31.7 Å². The average molecular weight is 438 g/mol. The average Bonchev–Trinajstić information content (AvgIpc) is 2.79. The molecule has 0 radical (unpaired) electrons. The monoisotopic (exact) mass is 437 g/mol. The van der Waals surface area contributed by atoms with Crippen LogP contribution in [0, 0.1) is 5.92 Å². The van der Waals surface area contributed by atoms with Crippen LogP contribution in [-0.4, -0.2) is 45.8 Å². The van der Waals surface area contributed by atoms with Crippen LogP contribution in [0.1, 0.15) is 26.7 Å². The van der Waals surface area contributed by atoms with Crippen molar-refractivity contribution >= 4 is 28.6 Å². The van der Waals surface area contributed by atoms with Crippen molar-refractivity contribution in [2.75, 3.05) is 25.4 Å². The Morgan fingerprint density at radius 2 is 1.84 bits per heavy atom. The summed E-state index contributed by atoms with van der Waals surface area (Å²) in [5.74, 6) is 1.77. The Hall–Kier alpha value is -2.80. The zero-order valence-corrected chi connectivity index (χ0v) is 18.7. The molecule has 0 spiro atoms. The fourth-order valence-electron chi connectivity index (χ4n) is 3.77. The predicted octanol–water partition coefficient (Wildman–Crippen LogP) is 4.14. The van der Waals surface area contributed by atoms with Crippen molar-refractivity contribution in [1.29, 1.82) is 0 Å². The van der Waals surface area contributed by atoms with Gasteiger partial charge in [-0.2, -0.15) is 0 Å². The second kappa shape index (κ2) is 9.56. The summed E-state index contributed by atoms with van der Waals surface area (Å²) in [5, 5.41) is 1.07. The first-order valence-corrected chi connectivity index (χ1v) is 11.7. The molecule has 0 unspecified atom stereocenters. The zero-order chi connectivity index (χ0) is 21.8. The van der Waals surface area contributed by atoms with Gasteiger partial charge in [-0.1, -0.05) is 30.8 Å². The minimum Gasteiger partial charge on any atom is -0.494 e. The second-order valence-corrected chi connectivity index (χ2v) is 8.77. The van der Waals surface area contributed by atoms with Crippen molar-refractivity contribution in [3.05, 3.63) is 58.9 Å². The van der Waals surface area contributed by atoms with Crippen molar-refractivity contribution in [2.24, 2.45) is 5.92 Å². The molecule has 2 heterocycles. The Balaban J connectivity index is 1.65. The first-order chi connectivity index (χ1) is 15.1. The molecule has 0 N–H and O–H groups in total. The van der Waals surface area contributed by atoms with Gasteiger partial charge in [0.25, 0.3) is 5.56 Å². The van der Waals surface area contributed by atoms with Crippen LogP contribution in [0.2, 0.25) is 0 Å². The van der Waals surface area contributed by atoms with Gasteiger partial charge in [-0.15, -0.1) is 0 Å². The maximum Gasteiger partial charge on any atom is 0.266 e. The first-order valence-electron chi connectivity index (χ1n) is 10.7. The fraction of sp³-hybridized carbons (Fsp3) is 0.375. The number of aromatic nitrogens is 2. The number of fused-ring (bicyclic) bond motifs is 1. The molecule has 1 aliphatic heterocycles. The Morgan fingerprint density at radius 1 is 1.13 bits per heavy atom. The highest BCUT2D eigenvalue weighted by molar-refractivity contribution is 7.99. The normalized spacial score (nSPS) is 14.7. The molecule has 0 aliphatic carbocycles. The number of amides is 1. The summed E-state index contributed by atoms with van der Waals surface area (Å²) in [7, 11) is 0. The van der Waals surface area contributed by atoms with Gasteiger partial charge in [0.15, 0.2) is 5.16 Å². The third-order valence-corrected chi connectivity index (χ3v) is 6.54. The lowest BCUT2D eigenvalue weighted by atomic mass is 9.99. The van der Waals surface area contributed by atoms with Gasteiger partial charge < -0.3 is 9.64 Å². The molecule has 1 aromatic heterocycles. The quantitative estimate of drug-likeness (QED) is 0.428. The van der Waals surface area contributed by atoms with Gasteiger partial charge in [0, 0.05) is 13.1 Å². The third kappa shape index (κ3) is 4.77. The number of para-hydroxylation sites is 1. The molecule has 0 bridgehead atoms. The van der Waals surface area contributed by atoms with Gasteiger partial charge in [-0.05, 0) is 62.1 Å². The van der Waals surface area contributed by atoms with Crippen molar-refractivity contribution in [2.45, 2.75) is 31.8 Å². The van der Waals surface area contributed by atoms with Gasteiger partial charge >= 0.3 is 0 Å². The van der Waals surface area contributed by atoms with Gasteiger partial charge in [-0.3, -0.25) is 14.2 Å². The lowest BCUT2D eigenvalue weighted by Gasteiger charge is -2.30. The predicted molar refractivity (Wildman–Crippen MR) is 124 cm³/mol. The molecular formula is C24H27N3O3S. The standard InChI is InChI=1S/C24H27N3O3S/c1-3-30-19-10-8-18(9-11-19)27-23(29)20-6-4-5-7-21(20)25-24(27)31-16-22(28)26-14-12-17(2)13-15-26/h4-11,17H,3,12-16H2,1-2H3. The summed E-state index contributed by atoms with van der Waals surface area (Å²) in [6.45, 7) is 6.34. The molecule has 7 heteroatoms. The molecule has 6 nitrogen and oxygen atoms in total. The van der Waals surface area contributed by atoms with Gasteiger partial charge in [0.1, 0.15) is 5.75 Å². The minimum absolute atomic E-state index is 0.0950. The van der Waals surface area contributed by atoms with E-state index in [0.29, 0.717) is 34.3 Å². The largest absolute Gasteiger partial charge is 0.494 e.